The molecule has 0 atom stereocenters. The molecular formula is C28H26O2. The molecule has 0 aliphatic heterocycles. The van der Waals surface area contributed by atoms with Crippen molar-refractivity contribution in [2.45, 2.75) is 11.8 Å². The molecule has 0 aromatic heterocycles. The quantitative estimate of drug-likeness (QED) is 0.384. The minimum atomic E-state index is -0.163. The standard InChI is InChI=1S/C28H26O2/c1-29-18-28(19-30-2)17-25-24(21-12-7-4-8-13-21)16-23(20-10-5-3-6-11-20)22-14-9-15-26(28)27(22)25/h3-16H,17-19H2,1-2H3. The van der Waals surface area contributed by atoms with Gasteiger partial charge in [0.05, 0.1) is 13.2 Å². The van der Waals surface area contributed by atoms with Gasteiger partial charge in [-0.3, -0.25) is 0 Å². The van der Waals surface area contributed by atoms with E-state index in [1.54, 1.807) is 14.2 Å². The third kappa shape index (κ3) is 2.96. The molecule has 0 fully saturated rings. The Hall–Kier alpha value is -2.94. The maximum Gasteiger partial charge on any atom is 0.0584 e. The van der Waals surface area contributed by atoms with Crippen LogP contribution in [0.2, 0.25) is 0 Å². The summed E-state index contributed by atoms with van der Waals surface area (Å²) in [4.78, 5) is 0. The molecule has 30 heavy (non-hydrogen) atoms. The van der Waals surface area contributed by atoms with Crippen LogP contribution in [0.3, 0.4) is 0 Å². The molecule has 0 saturated heterocycles. The fraction of sp³-hybridized carbons (Fsp3) is 0.214. The van der Waals surface area contributed by atoms with Gasteiger partial charge in [0, 0.05) is 19.6 Å². The smallest absolute Gasteiger partial charge is 0.0584 e. The van der Waals surface area contributed by atoms with Gasteiger partial charge < -0.3 is 9.47 Å². The Bertz CT molecular complexity index is 1170. The first-order valence-corrected chi connectivity index (χ1v) is 10.5. The van der Waals surface area contributed by atoms with E-state index in [1.807, 2.05) is 0 Å². The highest BCUT2D eigenvalue weighted by atomic mass is 16.5. The maximum atomic E-state index is 5.72. The molecule has 0 unspecified atom stereocenters. The van der Waals surface area contributed by atoms with Gasteiger partial charge in [-0.25, -0.2) is 0 Å². The lowest BCUT2D eigenvalue weighted by Crippen LogP contribution is -2.36. The molecule has 2 nitrogen and oxygen atoms in total. The zero-order valence-electron chi connectivity index (χ0n) is 17.5. The van der Waals surface area contributed by atoms with Gasteiger partial charge in [-0.1, -0.05) is 78.9 Å². The van der Waals surface area contributed by atoms with Crippen LogP contribution in [0.1, 0.15) is 11.1 Å². The monoisotopic (exact) mass is 394 g/mol. The van der Waals surface area contributed by atoms with E-state index in [9.17, 15) is 0 Å². The van der Waals surface area contributed by atoms with E-state index >= 15 is 0 Å². The Morgan fingerprint density at radius 3 is 1.90 bits per heavy atom. The highest BCUT2D eigenvalue weighted by Crippen LogP contribution is 2.49. The van der Waals surface area contributed by atoms with Gasteiger partial charge in [0.1, 0.15) is 0 Å². The highest BCUT2D eigenvalue weighted by Gasteiger charge is 2.41. The van der Waals surface area contributed by atoms with Crippen LogP contribution in [-0.4, -0.2) is 27.4 Å². The van der Waals surface area contributed by atoms with Crippen LogP contribution in [0.5, 0.6) is 0 Å². The molecule has 0 saturated carbocycles. The van der Waals surface area contributed by atoms with E-state index in [0.29, 0.717) is 13.2 Å². The van der Waals surface area contributed by atoms with Gasteiger partial charge in [-0.15, -0.1) is 0 Å². The molecular weight excluding hydrogens is 368 g/mol. The van der Waals surface area contributed by atoms with Crippen LogP contribution >= 0.6 is 0 Å². The highest BCUT2D eigenvalue weighted by molar-refractivity contribution is 6.06. The van der Waals surface area contributed by atoms with Gasteiger partial charge in [0.15, 0.2) is 0 Å². The molecule has 1 aliphatic carbocycles. The molecule has 1 aliphatic rings. The van der Waals surface area contributed by atoms with Gasteiger partial charge in [-0.05, 0) is 56.6 Å². The average Bonchev–Trinajstić information content (AvgIpc) is 3.11. The second-order valence-corrected chi connectivity index (χ2v) is 8.23. The minimum Gasteiger partial charge on any atom is -0.384 e. The summed E-state index contributed by atoms with van der Waals surface area (Å²) in [5.41, 5.74) is 7.67. The summed E-state index contributed by atoms with van der Waals surface area (Å²) in [6.45, 7) is 1.28. The molecule has 150 valence electrons. The van der Waals surface area contributed by atoms with Crippen molar-refractivity contribution in [3.8, 4) is 22.3 Å². The van der Waals surface area contributed by atoms with E-state index in [2.05, 4.69) is 84.9 Å². The molecule has 0 heterocycles. The van der Waals surface area contributed by atoms with Gasteiger partial charge in [0.25, 0.3) is 0 Å². The van der Waals surface area contributed by atoms with E-state index in [4.69, 9.17) is 9.47 Å². The zero-order valence-corrected chi connectivity index (χ0v) is 17.5. The van der Waals surface area contributed by atoms with Crippen LogP contribution in [0, 0.1) is 0 Å². The van der Waals surface area contributed by atoms with Crippen LogP contribution in [0.25, 0.3) is 33.0 Å². The summed E-state index contributed by atoms with van der Waals surface area (Å²) >= 11 is 0. The van der Waals surface area contributed by atoms with Crippen molar-refractivity contribution in [2.24, 2.45) is 0 Å². The first-order valence-electron chi connectivity index (χ1n) is 10.5. The van der Waals surface area contributed by atoms with Crippen LogP contribution in [0.4, 0.5) is 0 Å². The SMILES string of the molecule is COCC1(COC)Cc2c(-c3ccccc3)cc(-c3ccccc3)c3cccc1c23. The van der Waals surface area contributed by atoms with Crippen molar-refractivity contribution in [3.05, 3.63) is 96.1 Å². The molecule has 0 N–H and O–H groups in total. The molecule has 0 amide bonds. The van der Waals surface area contributed by atoms with Gasteiger partial charge >= 0.3 is 0 Å². The number of ether oxygens (including phenoxy) is 2. The van der Waals surface area contributed by atoms with Gasteiger partial charge in [0.2, 0.25) is 0 Å². The fourth-order valence-corrected chi connectivity index (χ4v) is 5.19. The zero-order chi connectivity index (χ0) is 20.6. The summed E-state index contributed by atoms with van der Waals surface area (Å²) < 4.78 is 11.4. The number of hydrogen-bond donors (Lipinski definition) is 0. The van der Waals surface area contributed by atoms with Crippen molar-refractivity contribution in [2.75, 3.05) is 27.4 Å². The van der Waals surface area contributed by atoms with E-state index < -0.39 is 0 Å². The molecule has 0 radical (unpaired) electrons. The van der Waals surface area contributed by atoms with Gasteiger partial charge in [-0.2, -0.15) is 0 Å². The molecule has 4 aromatic carbocycles. The predicted octanol–water partition coefficient (Wildman–Crippen LogP) is 6.26. The normalized spacial score (nSPS) is 14.3. The number of benzene rings is 4. The van der Waals surface area contributed by atoms with Crippen LogP contribution in [-0.2, 0) is 21.3 Å². The summed E-state index contributed by atoms with van der Waals surface area (Å²) in [7, 11) is 3.57. The summed E-state index contributed by atoms with van der Waals surface area (Å²) in [5.74, 6) is 0. The first-order chi connectivity index (χ1) is 14.8. The van der Waals surface area contributed by atoms with E-state index in [-0.39, 0.29) is 5.41 Å². The number of hydrogen-bond acceptors (Lipinski definition) is 2. The lowest BCUT2D eigenvalue weighted by Gasteiger charge is -2.29. The topological polar surface area (TPSA) is 18.5 Å². The number of methoxy groups -OCH3 is 2. The van der Waals surface area contributed by atoms with Crippen molar-refractivity contribution >= 4 is 10.8 Å². The Balaban J connectivity index is 1.87. The van der Waals surface area contributed by atoms with Crippen LogP contribution in [0.15, 0.2) is 84.9 Å². The molecule has 4 aromatic rings. The van der Waals surface area contributed by atoms with Crippen LogP contribution < -0.4 is 0 Å². The second kappa shape index (κ2) is 7.71. The van der Waals surface area contributed by atoms with E-state index in [1.165, 1.54) is 44.2 Å². The maximum absolute atomic E-state index is 5.72. The molecule has 0 bridgehead atoms. The van der Waals surface area contributed by atoms with Crippen molar-refractivity contribution in [3.63, 3.8) is 0 Å². The molecule has 5 rings (SSSR count). The summed E-state index contributed by atoms with van der Waals surface area (Å²) in [6, 6.07) is 30.5. The number of rotatable bonds is 6. The molecule has 0 spiro atoms. The second-order valence-electron chi connectivity index (χ2n) is 8.23. The Labute approximate surface area is 178 Å². The van der Waals surface area contributed by atoms with Crippen molar-refractivity contribution < 1.29 is 9.47 Å². The van der Waals surface area contributed by atoms with Crippen molar-refractivity contribution in [1.82, 2.24) is 0 Å². The fourth-order valence-electron chi connectivity index (χ4n) is 5.19. The third-order valence-corrected chi connectivity index (χ3v) is 6.37. The summed E-state index contributed by atoms with van der Waals surface area (Å²) in [6.07, 6.45) is 0.920. The Morgan fingerprint density at radius 2 is 1.30 bits per heavy atom. The Kier molecular flexibility index (Phi) is 4.90. The molecule has 2 heteroatoms. The predicted molar refractivity (Wildman–Crippen MR) is 124 cm³/mol. The summed E-state index contributed by atoms with van der Waals surface area (Å²) in [5, 5.41) is 2.68. The van der Waals surface area contributed by atoms with Crippen molar-refractivity contribution in [1.29, 1.82) is 0 Å². The lowest BCUT2D eigenvalue weighted by molar-refractivity contribution is 0.0624. The lowest BCUT2D eigenvalue weighted by atomic mass is 9.82. The average molecular weight is 395 g/mol. The first kappa shape index (κ1) is 19.0. The Morgan fingerprint density at radius 1 is 0.700 bits per heavy atom. The third-order valence-electron chi connectivity index (χ3n) is 6.37. The largest absolute Gasteiger partial charge is 0.384 e. The van der Waals surface area contributed by atoms with E-state index in [0.717, 1.165) is 6.42 Å². The minimum absolute atomic E-state index is 0.163.